The third kappa shape index (κ3) is 2.24. The summed E-state index contributed by atoms with van der Waals surface area (Å²) < 4.78 is 15.6. The summed E-state index contributed by atoms with van der Waals surface area (Å²) in [4.78, 5) is 12.7. The van der Waals surface area contributed by atoms with Crippen LogP contribution in [0.1, 0.15) is 10.5 Å². The molecule has 3 aromatic carbocycles. The minimum atomic E-state index is -0.327. The molecule has 24 heavy (non-hydrogen) atoms. The van der Waals surface area contributed by atoms with Crippen LogP contribution in [-0.4, -0.2) is 10.5 Å². The van der Waals surface area contributed by atoms with Gasteiger partial charge in [0.05, 0.1) is 5.52 Å². The molecule has 1 amide bonds. The molecule has 3 nitrogen and oxygen atoms in total. The van der Waals surface area contributed by atoms with Gasteiger partial charge in [0, 0.05) is 23.5 Å². The summed E-state index contributed by atoms with van der Waals surface area (Å²) in [5.41, 5.74) is 1.85. The maximum Gasteiger partial charge on any atom is 0.272 e. The number of fused-ring (bicyclic) bond motifs is 2. The Hall–Kier alpha value is -3.14. The Bertz CT molecular complexity index is 1080. The van der Waals surface area contributed by atoms with Gasteiger partial charge in [-0.1, -0.05) is 42.5 Å². The second-order valence-electron chi connectivity index (χ2n) is 5.74. The molecule has 0 aliphatic carbocycles. The topological polar surface area (TPSA) is 34.0 Å². The molecular formula is C20H15FN2O. The van der Waals surface area contributed by atoms with E-state index in [1.165, 1.54) is 6.07 Å². The molecule has 1 N–H and O–H groups in total. The fourth-order valence-corrected chi connectivity index (χ4v) is 3.06. The number of aromatic nitrogens is 1. The Kier molecular flexibility index (Phi) is 3.31. The van der Waals surface area contributed by atoms with E-state index in [0.29, 0.717) is 16.6 Å². The van der Waals surface area contributed by atoms with Crippen molar-refractivity contribution >= 4 is 33.3 Å². The number of carbonyl (C=O) groups is 1. The Balaban J connectivity index is 1.77. The Morgan fingerprint density at radius 1 is 0.958 bits per heavy atom. The van der Waals surface area contributed by atoms with Crippen molar-refractivity contribution in [3.8, 4) is 0 Å². The number of halogens is 1. The number of carbonyl (C=O) groups excluding carboxylic acids is 1. The van der Waals surface area contributed by atoms with Gasteiger partial charge in [0.1, 0.15) is 11.5 Å². The number of amides is 1. The molecule has 1 aromatic heterocycles. The minimum Gasteiger partial charge on any atom is -0.340 e. The molecule has 4 rings (SSSR count). The predicted molar refractivity (Wildman–Crippen MR) is 94.8 cm³/mol. The first-order valence-corrected chi connectivity index (χ1v) is 7.68. The largest absolute Gasteiger partial charge is 0.340 e. The quantitative estimate of drug-likeness (QED) is 0.570. The molecule has 0 atom stereocenters. The van der Waals surface area contributed by atoms with Crippen molar-refractivity contribution in [1.82, 2.24) is 4.57 Å². The summed E-state index contributed by atoms with van der Waals surface area (Å²) in [6.45, 7) is 0. The number of nitrogens with zero attached hydrogens (tertiary/aromatic N) is 1. The van der Waals surface area contributed by atoms with Crippen molar-refractivity contribution in [2.24, 2.45) is 7.05 Å². The maximum atomic E-state index is 13.9. The van der Waals surface area contributed by atoms with E-state index in [2.05, 4.69) is 5.32 Å². The zero-order valence-electron chi connectivity index (χ0n) is 13.1. The smallest absolute Gasteiger partial charge is 0.272 e. The van der Waals surface area contributed by atoms with Gasteiger partial charge in [0.15, 0.2) is 0 Å². The lowest BCUT2D eigenvalue weighted by Gasteiger charge is -2.09. The molecule has 0 fully saturated rings. The lowest BCUT2D eigenvalue weighted by Crippen LogP contribution is -2.15. The molecule has 1 heterocycles. The summed E-state index contributed by atoms with van der Waals surface area (Å²) >= 11 is 0. The van der Waals surface area contributed by atoms with E-state index in [0.717, 1.165) is 16.5 Å². The Morgan fingerprint density at radius 3 is 2.54 bits per heavy atom. The average Bonchev–Trinajstić information content (AvgIpc) is 2.94. The van der Waals surface area contributed by atoms with E-state index in [9.17, 15) is 9.18 Å². The van der Waals surface area contributed by atoms with E-state index in [1.54, 1.807) is 29.8 Å². The molecule has 0 saturated carbocycles. The second kappa shape index (κ2) is 5.49. The van der Waals surface area contributed by atoms with Crippen molar-refractivity contribution in [2.75, 3.05) is 5.32 Å². The highest BCUT2D eigenvalue weighted by Crippen LogP contribution is 2.25. The molecule has 0 radical (unpaired) electrons. The van der Waals surface area contributed by atoms with Crippen molar-refractivity contribution in [1.29, 1.82) is 0 Å². The monoisotopic (exact) mass is 318 g/mol. The first-order chi connectivity index (χ1) is 11.6. The van der Waals surface area contributed by atoms with Crippen LogP contribution in [0.25, 0.3) is 21.7 Å². The normalized spacial score (nSPS) is 11.1. The molecule has 0 unspecified atom stereocenters. The average molecular weight is 318 g/mol. The second-order valence-corrected chi connectivity index (χ2v) is 5.74. The molecule has 0 saturated heterocycles. The van der Waals surface area contributed by atoms with E-state index in [1.807, 2.05) is 42.5 Å². The van der Waals surface area contributed by atoms with Crippen LogP contribution in [0.3, 0.4) is 0 Å². The first kappa shape index (κ1) is 14.5. The van der Waals surface area contributed by atoms with Crippen LogP contribution in [0.5, 0.6) is 0 Å². The third-order valence-electron chi connectivity index (χ3n) is 4.30. The van der Waals surface area contributed by atoms with Gasteiger partial charge in [0.25, 0.3) is 5.91 Å². The van der Waals surface area contributed by atoms with E-state index in [-0.39, 0.29) is 11.7 Å². The van der Waals surface area contributed by atoms with Crippen molar-refractivity contribution < 1.29 is 9.18 Å². The van der Waals surface area contributed by atoms with Crippen molar-refractivity contribution in [2.45, 2.75) is 0 Å². The molecule has 0 aliphatic heterocycles. The summed E-state index contributed by atoms with van der Waals surface area (Å²) in [5.74, 6) is -0.586. The highest BCUT2D eigenvalue weighted by molar-refractivity contribution is 6.10. The standard InChI is InChI=1S/C20H15FN2O/c1-23-18-11-5-9-16(21)15(18)12-19(23)20(24)22-17-10-4-7-13-6-2-3-8-14(13)17/h2-12H,1H3,(H,22,24). The lowest BCUT2D eigenvalue weighted by atomic mass is 10.1. The fourth-order valence-electron chi connectivity index (χ4n) is 3.06. The van der Waals surface area contributed by atoms with Crippen LogP contribution in [0, 0.1) is 5.82 Å². The number of aryl methyl sites for hydroxylation is 1. The number of anilines is 1. The van der Waals surface area contributed by atoms with Gasteiger partial charge in [-0.2, -0.15) is 0 Å². The molecule has 0 bridgehead atoms. The van der Waals surface area contributed by atoms with E-state index in [4.69, 9.17) is 0 Å². The van der Waals surface area contributed by atoms with Gasteiger partial charge in [-0.3, -0.25) is 4.79 Å². The zero-order valence-corrected chi connectivity index (χ0v) is 13.1. The molecule has 0 spiro atoms. The first-order valence-electron chi connectivity index (χ1n) is 7.68. The zero-order chi connectivity index (χ0) is 16.7. The number of rotatable bonds is 2. The van der Waals surface area contributed by atoms with Crippen LogP contribution in [0.2, 0.25) is 0 Å². The van der Waals surface area contributed by atoms with Crippen molar-refractivity contribution in [3.05, 3.63) is 78.2 Å². The molecule has 4 aromatic rings. The number of benzene rings is 3. The SMILES string of the molecule is Cn1c(C(=O)Nc2cccc3ccccc23)cc2c(F)cccc21. The summed E-state index contributed by atoms with van der Waals surface area (Å²) in [5, 5.41) is 5.41. The van der Waals surface area contributed by atoms with E-state index < -0.39 is 0 Å². The summed E-state index contributed by atoms with van der Waals surface area (Å²) in [6, 6.07) is 20.0. The van der Waals surface area contributed by atoms with Crippen LogP contribution in [0.15, 0.2) is 66.7 Å². The van der Waals surface area contributed by atoms with Crippen molar-refractivity contribution in [3.63, 3.8) is 0 Å². The van der Waals surface area contributed by atoms with Gasteiger partial charge in [0.2, 0.25) is 0 Å². The number of hydrogen-bond acceptors (Lipinski definition) is 1. The van der Waals surface area contributed by atoms with Gasteiger partial charge in [-0.25, -0.2) is 4.39 Å². The van der Waals surface area contributed by atoms with E-state index >= 15 is 0 Å². The fraction of sp³-hybridized carbons (Fsp3) is 0.0500. The number of nitrogens with one attached hydrogen (secondary N) is 1. The van der Waals surface area contributed by atoms with Gasteiger partial charge >= 0.3 is 0 Å². The van der Waals surface area contributed by atoms with Gasteiger partial charge in [-0.15, -0.1) is 0 Å². The van der Waals surface area contributed by atoms with Crippen LogP contribution >= 0.6 is 0 Å². The van der Waals surface area contributed by atoms with Crippen LogP contribution < -0.4 is 5.32 Å². The highest BCUT2D eigenvalue weighted by Gasteiger charge is 2.16. The Labute approximate surface area is 138 Å². The molecule has 0 aliphatic rings. The highest BCUT2D eigenvalue weighted by atomic mass is 19.1. The summed E-state index contributed by atoms with van der Waals surface area (Å²) in [6.07, 6.45) is 0. The minimum absolute atomic E-state index is 0.260. The molecule has 118 valence electrons. The van der Waals surface area contributed by atoms with Gasteiger partial charge in [-0.05, 0) is 29.7 Å². The lowest BCUT2D eigenvalue weighted by molar-refractivity contribution is 0.102. The third-order valence-corrected chi connectivity index (χ3v) is 4.30. The Morgan fingerprint density at radius 2 is 1.71 bits per heavy atom. The van der Waals surface area contributed by atoms with Crippen LogP contribution in [-0.2, 0) is 7.05 Å². The number of hydrogen-bond donors (Lipinski definition) is 1. The van der Waals surface area contributed by atoms with Gasteiger partial charge < -0.3 is 9.88 Å². The van der Waals surface area contributed by atoms with Crippen LogP contribution in [0.4, 0.5) is 10.1 Å². The predicted octanol–water partition coefficient (Wildman–Crippen LogP) is 4.72. The maximum absolute atomic E-state index is 13.9. The molecular weight excluding hydrogens is 303 g/mol. The molecule has 4 heteroatoms. The summed E-state index contributed by atoms with van der Waals surface area (Å²) in [7, 11) is 1.76.